The highest BCUT2D eigenvalue weighted by Gasteiger charge is 2.30. The molecule has 0 aromatic rings. The predicted molar refractivity (Wildman–Crippen MR) is 61.1 cm³/mol. The van der Waals surface area contributed by atoms with Gasteiger partial charge in [0.1, 0.15) is 0 Å². The molecule has 0 aliphatic rings. The van der Waals surface area contributed by atoms with Crippen molar-refractivity contribution in [2.24, 2.45) is 0 Å². The van der Waals surface area contributed by atoms with E-state index in [2.05, 4.69) is 8.37 Å². The number of hydrogen-bond donors (Lipinski definition) is 0. The van der Waals surface area contributed by atoms with Crippen molar-refractivity contribution in [2.75, 3.05) is 13.2 Å². The van der Waals surface area contributed by atoms with Crippen LogP contribution in [-0.4, -0.2) is 40.9 Å². The average Bonchev–Trinajstić information content (AvgIpc) is 2.17. The topological polar surface area (TPSA) is 96.0 Å². The molecule has 0 fully saturated rings. The quantitative estimate of drug-likeness (QED) is 0.598. The van der Waals surface area contributed by atoms with E-state index in [0.29, 0.717) is 0 Å². The molecule has 0 bridgehead atoms. The molecule has 2 atom stereocenters. The van der Waals surface area contributed by atoms with Crippen molar-refractivity contribution >= 4 is 20.2 Å². The monoisotopic (exact) mass is 290 g/mol. The molecule has 0 rings (SSSR count). The van der Waals surface area contributed by atoms with Crippen LogP contribution in [-0.2, 0) is 33.3 Å². The second-order valence-electron chi connectivity index (χ2n) is 3.07. The third-order valence-electron chi connectivity index (χ3n) is 1.76. The summed E-state index contributed by atoms with van der Waals surface area (Å²) in [6.07, 6.45) is 0. The van der Waals surface area contributed by atoms with Crippen LogP contribution in [0, 0.1) is 0 Å². The number of rotatable bonds is 8. The van der Waals surface area contributed by atoms with E-state index in [4.69, 9.17) is 4.74 Å². The van der Waals surface area contributed by atoms with E-state index in [1.165, 1.54) is 27.7 Å². The highest BCUT2D eigenvalue weighted by atomic mass is 32.2. The molecule has 2 unspecified atom stereocenters. The summed E-state index contributed by atoms with van der Waals surface area (Å²) in [5.74, 6) is 0. The van der Waals surface area contributed by atoms with Gasteiger partial charge >= 0.3 is 0 Å². The van der Waals surface area contributed by atoms with Gasteiger partial charge in [0.25, 0.3) is 20.2 Å². The molecule has 17 heavy (non-hydrogen) atoms. The van der Waals surface area contributed by atoms with E-state index in [1.54, 1.807) is 0 Å². The fourth-order valence-corrected chi connectivity index (χ4v) is 2.64. The molecule has 0 aliphatic carbocycles. The molecule has 0 aromatic carbocycles. The minimum absolute atomic E-state index is 0.0391. The van der Waals surface area contributed by atoms with E-state index < -0.39 is 31.1 Å². The van der Waals surface area contributed by atoms with Crippen LogP contribution in [0.1, 0.15) is 27.7 Å². The van der Waals surface area contributed by atoms with Crippen LogP contribution in [0.4, 0.5) is 0 Å². The Morgan fingerprint density at radius 2 is 1.12 bits per heavy atom. The Kier molecular flexibility index (Phi) is 6.56. The Hall–Kier alpha value is -0.220. The Balaban J connectivity index is 4.65. The zero-order valence-electron chi connectivity index (χ0n) is 10.2. The van der Waals surface area contributed by atoms with Crippen LogP contribution in [0.5, 0.6) is 0 Å². The highest BCUT2D eigenvalue weighted by molar-refractivity contribution is 7.88. The van der Waals surface area contributed by atoms with Gasteiger partial charge in [-0.15, -0.1) is 0 Å². The first-order chi connectivity index (χ1) is 7.67. The van der Waals surface area contributed by atoms with Gasteiger partial charge in [0.05, 0.1) is 13.2 Å². The summed E-state index contributed by atoms with van der Waals surface area (Å²) in [7, 11) is -7.85. The summed E-state index contributed by atoms with van der Waals surface area (Å²) in [5, 5.41) is 0. The first kappa shape index (κ1) is 16.8. The van der Waals surface area contributed by atoms with E-state index >= 15 is 0 Å². The summed E-state index contributed by atoms with van der Waals surface area (Å²) in [4.78, 5) is 0. The largest absolute Gasteiger partial charge is 0.339 e. The standard InChI is InChI=1S/C8H18O7S2/c1-5-13-16(9,10)7(3)15-8(4)17(11,12)14-6-2/h7-8H,5-6H2,1-4H3. The summed E-state index contributed by atoms with van der Waals surface area (Å²) < 4.78 is 59.3. The van der Waals surface area contributed by atoms with Gasteiger partial charge in [0.2, 0.25) is 0 Å². The molecule has 0 amide bonds. The molecule has 0 N–H and O–H groups in total. The molecule has 0 saturated heterocycles. The zero-order chi connectivity index (χ0) is 13.7. The normalized spacial score (nSPS) is 16.7. The van der Waals surface area contributed by atoms with Crippen LogP contribution in [0.15, 0.2) is 0 Å². The maximum absolute atomic E-state index is 11.4. The maximum atomic E-state index is 11.4. The lowest BCUT2D eigenvalue weighted by Crippen LogP contribution is -2.32. The molecule has 0 aromatic heterocycles. The van der Waals surface area contributed by atoms with Gasteiger partial charge in [-0.25, -0.2) is 0 Å². The Labute approximate surface area is 102 Å². The molecule has 0 saturated carbocycles. The number of ether oxygens (including phenoxy) is 1. The molecule has 0 radical (unpaired) electrons. The van der Waals surface area contributed by atoms with Crippen LogP contribution >= 0.6 is 0 Å². The fourth-order valence-electron chi connectivity index (χ4n) is 0.926. The fraction of sp³-hybridized carbons (Fsp3) is 1.00. The lowest BCUT2D eigenvalue weighted by molar-refractivity contribution is 0.0815. The second-order valence-corrected chi connectivity index (χ2v) is 6.84. The van der Waals surface area contributed by atoms with Gasteiger partial charge in [0.15, 0.2) is 10.9 Å². The van der Waals surface area contributed by atoms with E-state index in [9.17, 15) is 16.8 Å². The van der Waals surface area contributed by atoms with Crippen molar-refractivity contribution in [2.45, 2.75) is 38.6 Å². The molecular weight excluding hydrogens is 272 g/mol. The summed E-state index contributed by atoms with van der Waals surface area (Å²) >= 11 is 0. The summed E-state index contributed by atoms with van der Waals surface area (Å²) in [6.45, 7) is 5.33. The molecule has 0 aliphatic heterocycles. The minimum atomic E-state index is -3.92. The van der Waals surface area contributed by atoms with Crippen LogP contribution < -0.4 is 0 Å². The summed E-state index contributed by atoms with van der Waals surface area (Å²) in [5.41, 5.74) is -2.76. The van der Waals surface area contributed by atoms with Gasteiger partial charge in [-0.2, -0.15) is 16.8 Å². The summed E-state index contributed by atoms with van der Waals surface area (Å²) in [6, 6.07) is 0. The predicted octanol–water partition coefficient (Wildman–Crippen LogP) is 0.428. The highest BCUT2D eigenvalue weighted by Crippen LogP contribution is 2.13. The average molecular weight is 290 g/mol. The van der Waals surface area contributed by atoms with Gasteiger partial charge in [0, 0.05) is 0 Å². The van der Waals surface area contributed by atoms with Crippen molar-refractivity contribution in [3.8, 4) is 0 Å². The van der Waals surface area contributed by atoms with Crippen molar-refractivity contribution < 1.29 is 29.9 Å². The van der Waals surface area contributed by atoms with E-state index in [-0.39, 0.29) is 13.2 Å². The SMILES string of the molecule is CCOS(=O)(=O)C(C)OC(C)S(=O)(=O)OCC. The van der Waals surface area contributed by atoms with Crippen molar-refractivity contribution in [3.05, 3.63) is 0 Å². The van der Waals surface area contributed by atoms with Gasteiger partial charge in [-0.3, -0.25) is 8.37 Å². The first-order valence-corrected chi connectivity index (χ1v) is 8.03. The number of hydrogen-bond acceptors (Lipinski definition) is 7. The molecule has 7 nitrogen and oxygen atoms in total. The second kappa shape index (κ2) is 6.64. The van der Waals surface area contributed by atoms with Gasteiger partial charge in [-0.05, 0) is 27.7 Å². The van der Waals surface area contributed by atoms with Crippen molar-refractivity contribution in [3.63, 3.8) is 0 Å². The lowest BCUT2D eigenvalue weighted by atomic mass is 10.8. The molecule has 9 heteroatoms. The third kappa shape index (κ3) is 5.30. The Bertz CT molecular complexity index is 371. The van der Waals surface area contributed by atoms with Crippen LogP contribution in [0.2, 0.25) is 0 Å². The Morgan fingerprint density at radius 3 is 1.35 bits per heavy atom. The van der Waals surface area contributed by atoms with Gasteiger partial charge < -0.3 is 4.74 Å². The van der Waals surface area contributed by atoms with E-state index in [0.717, 1.165) is 0 Å². The maximum Gasteiger partial charge on any atom is 0.294 e. The van der Waals surface area contributed by atoms with Crippen molar-refractivity contribution in [1.82, 2.24) is 0 Å². The molecule has 104 valence electrons. The Morgan fingerprint density at radius 1 is 0.824 bits per heavy atom. The molecule has 0 spiro atoms. The van der Waals surface area contributed by atoms with Crippen LogP contribution in [0.25, 0.3) is 0 Å². The smallest absolute Gasteiger partial charge is 0.294 e. The zero-order valence-corrected chi connectivity index (χ0v) is 11.9. The first-order valence-electron chi connectivity index (χ1n) is 5.09. The van der Waals surface area contributed by atoms with Gasteiger partial charge in [-0.1, -0.05) is 0 Å². The molecule has 0 heterocycles. The lowest BCUT2D eigenvalue weighted by Gasteiger charge is -2.18. The molecular formula is C8H18O7S2. The minimum Gasteiger partial charge on any atom is -0.339 e. The van der Waals surface area contributed by atoms with E-state index in [1.807, 2.05) is 0 Å². The third-order valence-corrected chi connectivity index (χ3v) is 4.74. The van der Waals surface area contributed by atoms with Crippen LogP contribution in [0.3, 0.4) is 0 Å². The van der Waals surface area contributed by atoms with Crippen molar-refractivity contribution in [1.29, 1.82) is 0 Å².